The van der Waals surface area contributed by atoms with Gasteiger partial charge in [-0.25, -0.2) is 0 Å². The molecule has 11 heavy (non-hydrogen) atoms. The van der Waals surface area contributed by atoms with E-state index in [1.807, 2.05) is 11.8 Å². The highest BCUT2D eigenvalue weighted by Crippen LogP contribution is 2.20. The van der Waals surface area contributed by atoms with Crippen molar-refractivity contribution < 1.29 is 0 Å². The third-order valence-corrected chi connectivity index (χ3v) is 3.14. The molecule has 0 heterocycles. The molecular weight excluding hydrogens is 152 g/mol. The lowest BCUT2D eigenvalue weighted by Gasteiger charge is -2.18. The summed E-state index contributed by atoms with van der Waals surface area (Å²) in [5.74, 6) is 3.17. The Kier molecular flexibility index (Phi) is 7.25. The Morgan fingerprint density at radius 1 is 1.09 bits per heavy atom. The van der Waals surface area contributed by atoms with Gasteiger partial charge in [0, 0.05) is 0 Å². The van der Waals surface area contributed by atoms with Gasteiger partial charge >= 0.3 is 0 Å². The molecule has 0 fully saturated rings. The van der Waals surface area contributed by atoms with E-state index in [9.17, 15) is 0 Å². The molecule has 0 radical (unpaired) electrons. The Bertz CT molecular complexity index is 80.9. The third-order valence-electron chi connectivity index (χ3n) is 2.49. The maximum atomic E-state index is 2.39. The number of hydrogen-bond acceptors (Lipinski definition) is 1. The van der Waals surface area contributed by atoms with Crippen LogP contribution in [0.5, 0.6) is 0 Å². The van der Waals surface area contributed by atoms with E-state index in [-0.39, 0.29) is 0 Å². The predicted molar refractivity (Wildman–Crippen MR) is 56.2 cm³/mol. The van der Waals surface area contributed by atoms with Crippen molar-refractivity contribution in [1.82, 2.24) is 0 Å². The summed E-state index contributed by atoms with van der Waals surface area (Å²) in [7, 11) is 0. The molecule has 0 saturated carbocycles. The highest BCUT2D eigenvalue weighted by molar-refractivity contribution is 7.98. The topological polar surface area (TPSA) is 0 Å². The summed E-state index contributed by atoms with van der Waals surface area (Å²) in [6, 6.07) is 0. The van der Waals surface area contributed by atoms with Crippen molar-refractivity contribution in [2.24, 2.45) is 11.8 Å². The SMILES string of the molecule is CCCC(C)C(C)CCSC. The van der Waals surface area contributed by atoms with E-state index in [2.05, 4.69) is 27.0 Å². The van der Waals surface area contributed by atoms with Crippen LogP contribution in [0.15, 0.2) is 0 Å². The molecule has 2 atom stereocenters. The minimum absolute atomic E-state index is 0.919. The number of hydrogen-bond donors (Lipinski definition) is 0. The standard InChI is InChI=1S/C10H22S/c1-5-6-9(2)10(3)7-8-11-4/h9-10H,5-8H2,1-4H3. The van der Waals surface area contributed by atoms with Crippen LogP contribution in [-0.2, 0) is 0 Å². The van der Waals surface area contributed by atoms with Gasteiger partial charge in [0.25, 0.3) is 0 Å². The molecule has 0 spiro atoms. The van der Waals surface area contributed by atoms with E-state index in [4.69, 9.17) is 0 Å². The minimum atomic E-state index is 0.919. The number of thioether (sulfide) groups is 1. The van der Waals surface area contributed by atoms with Crippen LogP contribution in [0.4, 0.5) is 0 Å². The Labute approximate surface area is 76.1 Å². The molecule has 0 bridgehead atoms. The van der Waals surface area contributed by atoms with Crippen LogP contribution in [0.3, 0.4) is 0 Å². The van der Waals surface area contributed by atoms with Crippen LogP contribution in [0, 0.1) is 11.8 Å². The molecule has 0 rings (SSSR count). The summed E-state index contributed by atoms with van der Waals surface area (Å²) in [5, 5.41) is 0. The summed E-state index contributed by atoms with van der Waals surface area (Å²) in [6.45, 7) is 7.04. The highest BCUT2D eigenvalue weighted by atomic mass is 32.2. The molecule has 0 aliphatic rings. The fourth-order valence-corrected chi connectivity index (χ4v) is 1.94. The molecule has 0 aliphatic heterocycles. The normalized spacial score (nSPS) is 16.4. The van der Waals surface area contributed by atoms with Gasteiger partial charge in [-0.2, -0.15) is 11.8 Å². The zero-order valence-corrected chi connectivity index (χ0v) is 9.21. The van der Waals surface area contributed by atoms with Gasteiger partial charge < -0.3 is 0 Å². The van der Waals surface area contributed by atoms with Gasteiger partial charge in [0.05, 0.1) is 0 Å². The van der Waals surface area contributed by atoms with Crippen LogP contribution >= 0.6 is 11.8 Å². The molecule has 0 amide bonds. The zero-order chi connectivity index (χ0) is 8.69. The van der Waals surface area contributed by atoms with Crippen molar-refractivity contribution in [1.29, 1.82) is 0 Å². The van der Waals surface area contributed by atoms with Gasteiger partial charge in [-0.3, -0.25) is 0 Å². The van der Waals surface area contributed by atoms with Crippen molar-refractivity contribution >= 4 is 11.8 Å². The molecule has 0 nitrogen and oxygen atoms in total. The summed E-state index contributed by atoms with van der Waals surface area (Å²) >= 11 is 1.97. The second-order valence-electron chi connectivity index (χ2n) is 3.52. The van der Waals surface area contributed by atoms with Crippen molar-refractivity contribution in [3.8, 4) is 0 Å². The van der Waals surface area contributed by atoms with Gasteiger partial charge in [-0.15, -0.1) is 0 Å². The molecular formula is C10H22S. The minimum Gasteiger partial charge on any atom is -0.165 e. The summed E-state index contributed by atoms with van der Waals surface area (Å²) in [4.78, 5) is 0. The average Bonchev–Trinajstić information content (AvgIpc) is 2.00. The van der Waals surface area contributed by atoms with E-state index < -0.39 is 0 Å². The number of rotatable bonds is 6. The van der Waals surface area contributed by atoms with E-state index in [0.29, 0.717) is 0 Å². The highest BCUT2D eigenvalue weighted by Gasteiger charge is 2.09. The first-order chi connectivity index (χ1) is 5.22. The largest absolute Gasteiger partial charge is 0.165 e. The van der Waals surface area contributed by atoms with Gasteiger partial charge in [0.2, 0.25) is 0 Å². The van der Waals surface area contributed by atoms with E-state index in [1.165, 1.54) is 25.0 Å². The molecule has 0 saturated heterocycles. The maximum absolute atomic E-state index is 2.39. The summed E-state index contributed by atoms with van der Waals surface area (Å²) < 4.78 is 0. The van der Waals surface area contributed by atoms with Gasteiger partial charge in [0.1, 0.15) is 0 Å². The second kappa shape index (κ2) is 7.02. The summed E-state index contributed by atoms with van der Waals surface area (Å²) in [5.41, 5.74) is 0. The first-order valence-corrected chi connectivity index (χ1v) is 6.10. The smallest absolute Gasteiger partial charge is 0.00677 e. The van der Waals surface area contributed by atoms with Gasteiger partial charge in [0.15, 0.2) is 0 Å². The Hall–Kier alpha value is 0.350. The lowest BCUT2D eigenvalue weighted by Crippen LogP contribution is -2.08. The van der Waals surface area contributed by atoms with E-state index in [1.54, 1.807) is 0 Å². The third kappa shape index (κ3) is 5.60. The summed E-state index contributed by atoms with van der Waals surface area (Å²) in [6.07, 6.45) is 6.32. The first-order valence-electron chi connectivity index (χ1n) is 4.71. The Morgan fingerprint density at radius 3 is 2.09 bits per heavy atom. The van der Waals surface area contributed by atoms with Crippen LogP contribution in [0.25, 0.3) is 0 Å². The Morgan fingerprint density at radius 2 is 1.64 bits per heavy atom. The molecule has 2 unspecified atom stereocenters. The Balaban J connectivity index is 3.38. The molecule has 0 aromatic rings. The van der Waals surface area contributed by atoms with Crippen LogP contribution < -0.4 is 0 Å². The quantitative estimate of drug-likeness (QED) is 0.590. The van der Waals surface area contributed by atoms with Crippen molar-refractivity contribution in [2.45, 2.75) is 40.0 Å². The van der Waals surface area contributed by atoms with Crippen LogP contribution in [0.2, 0.25) is 0 Å². The fraction of sp³-hybridized carbons (Fsp3) is 1.00. The lowest BCUT2D eigenvalue weighted by atomic mass is 9.90. The molecule has 68 valence electrons. The zero-order valence-electron chi connectivity index (χ0n) is 8.39. The molecule has 0 aromatic carbocycles. The average molecular weight is 174 g/mol. The second-order valence-corrected chi connectivity index (χ2v) is 4.51. The van der Waals surface area contributed by atoms with Crippen LogP contribution in [-0.4, -0.2) is 12.0 Å². The fourth-order valence-electron chi connectivity index (χ4n) is 1.33. The van der Waals surface area contributed by atoms with Crippen molar-refractivity contribution in [3.05, 3.63) is 0 Å². The van der Waals surface area contributed by atoms with E-state index in [0.717, 1.165) is 11.8 Å². The van der Waals surface area contributed by atoms with Crippen molar-refractivity contribution in [2.75, 3.05) is 12.0 Å². The monoisotopic (exact) mass is 174 g/mol. The maximum Gasteiger partial charge on any atom is -0.00677 e. The molecule has 1 heteroatoms. The first kappa shape index (κ1) is 11.4. The van der Waals surface area contributed by atoms with Crippen molar-refractivity contribution in [3.63, 3.8) is 0 Å². The molecule has 0 aliphatic carbocycles. The molecule has 0 aromatic heterocycles. The predicted octanol–water partition coefficient (Wildman–Crippen LogP) is 3.81. The molecule has 0 N–H and O–H groups in total. The van der Waals surface area contributed by atoms with E-state index >= 15 is 0 Å². The van der Waals surface area contributed by atoms with Gasteiger partial charge in [-0.1, -0.05) is 33.6 Å². The lowest BCUT2D eigenvalue weighted by molar-refractivity contribution is 0.354. The van der Waals surface area contributed by atoms with Gasteiger partial charge in [-0.05, 0) is 30.3 Å². The van der Waals surface area contributed by atoms with Crippen LogP contribution in [0.1, 0.15) is 40.0 Å².